The molecule has 0 aromatic rings. The van der Waals surface area contributed by atoms with E-state index in [0.717, 1.165) is 12.0 Å². The zero-order valence-corrected chi connectivity index (χ0v) is 8.06. The van der Waals surface area contributed by atoms with Gasteiger partial charge in [-0.15, -0.1) is 0 Å². The molecule has 1 rings (SSSR count). The number of hydrogen-bond acceptors (Lipinski definition) is 1. The minimum absolute atomic E-state index is 0.698. The van der Waals surface area contributed by atoms with Gasteiger partial charge in [0.2, 0.25) is 0 Å². The van der Waals surface area contributed by atoms with E-state index in [9.17, 15) is 0 Å². The fraction of sp³-hybridized carbons (Fsp3) is 1.00. The van der Waals surface area contributed by atoms with E-state index in [0.29, 0.717) is 6.04 Å². The van der Waals surface area contributed by atoms with Crippen LogP contribution in [0.15, 0.2) is 0 Å². The van der Waals surface area contributed by atoms with Gasteiger partial charge < -0.3 is 5.32 Å². The molecule has 0 radical (unpaired) electrons. The van der Waals surface area contributed by atoms with Crippen LogP contribution >= 0.6 is 0 Å². The second kappa shape index (κ2) is 4.10. The second-order valence-corrected chi connectivity index (χ2v) is 4.06. The molecule has 1 aliphatic rings. The van der Waals surface area contributed by atoms with Gasteiger partial charge in [0.15, 0.2) is 0 Å². The van der Waals surface area contributed by atoms with Gasteiger partial charge in [0.25, 0.3) is 0 Å². The Hall–Kier alpha value is -0.0400. The summed E-state index contributed by atoms with van der Waals surface area (Å²) in [5, 5.41) is 3.60. The molecule has 2 unspecified atom stereocenters. The first kappa shape index (κ1) is 9.05. The Balaban J connectivity index is 2.03. The Kier molecular flexibility index (Phi) is 3.38. The Labute approximate surface area is 70.6 Å². The zero-order valence-electron chi connectivity index (χ0n) is 8.06. The smallest absolute Gasteiger partial charge is 0.00438 e. The van der Waals surface area contributed by atoms with Crippen LogP contribution in [-0.4, -0.2) is 12.1 Å². The molecule has 1 aliphatic carbocycles. The molecule has 0 saturated heterocycles. The van der Waals surface area contributed by atoms with Crippen molar-refractivity contribution in [2.75, 3.05) is 0 Å². The summed E-state index contributed by atoms with van der Waals surface area (Å²) in [6, 6.07) is 1.43. The summed E-state index contributed by atoms with van der Waals surface area (Å²) in [5.74, 6) is 1.06. The minimum Gasteiger partial charge on any atom is -0.312 e. The van der Waals surface area contributed by atoms with Crippen LogP contribution in [0, 0.1) is 5.92 Å². The summed E-state index contributed by atoms with van der Waals surface area (Å²) in [6.45, 7) is 6.81. The van der Waals surface area contributed by atoms with E-state index in [2.05, 4.69) is 26.1 Å². The van der Waals surface area contributed by atoms with Crippen LogP contribution in [0.1, 0.15) is 46.5 Å². The van der Waals surface area contributed by atoms with E-state index in [1.54, 1.807) is 0 Å². The minimum atomic E-state index is 0.698. The SMILES string of the molecule is CCC(C)NC(C)CC1CC1. The fourth-order valence-electron chi connectivity index (χ4n) is 1.53. The highest BCUT2D eigenvalue weighted by Gasteiger charge is 2.23. The maximum Gasteiger partial charge on any atom is 0.00438 e. The predicted molar refractivity (Wildman–Crippen MR) is 49.7 cm³/mol. The Morgan fingerprint density at radius 1 is 1.27 bits per heavy atom. The summed E-state index contributed by atoms with van der Waals surface area (Å²) in [7, 11) is 0. The van der Waals surface area contributed by atoms with E-state index >= 15 is 0 Å². The Morgan fingerprint density at radius 3 is 2.36 bits per heavy atom. The van der Waals surface area contributed by atoms with E-state index in [1.807, 2.05) is 0 Å². The van der Waals surface area contributed by atoms with Gasteiger partial charge in [-0.05, 0) is 32.6 Å². The molecule has 0 heterocycles. The molecule has 1 saturated carbocycles. The average molecular weight is 155 g/mol. The summed E-state index contributed by atoms with van der Waals surface area (Å²) < 4.78 is 0. The van der Waals surface area contributed by atoms with Crippen molar-refractivity contribution in [3.8, 4) is 0 Å². The number of nitrogens with one attached hydrogen (secondary N) is 1. The third-order valence-corrected chi connectivity index (χ3v) is 2.57. The van der Waals surface area contributed by atoms with Crippen LogP contribution in [-0.2, 0) is 0 Å². The molecule has 0 amide bonds. The normalized spacial score (nSPS) is 23.2. The van der Waals surface area contributed by atoms with Gasteiger partial charge in [-0.1, -0.05) is 19.8 Å². The molecule has 0 spiro atoms. The van der Waals surface area contributed by atoms with E-state index in [-0.39, 0.29) is 0 Å². The highest BCUT2D eigenvalue weighted by atomic mass is 14.9. The molecule has 1 fully saturated rings. The van der Waals surface area contributed by atoms with Crippen molar-refractivity contribution in [1.29, 1.82) is 0 Å². The molecule has 1 nitrogen and oxygen atoms in total. The summed E-state index contributed by atoms with van der Waals surface area (Å²) in [6.07, 6.45) is 5.60. The van der Waals surface area contributed by atoms with Crippen molar-refractivity contribution in [3.05, 3.63) is 0 Å². The third-order valence-electron chi connectivity index (χ3n) is 2.57. The maximum atomic E-state index is 3.60. The summed E-state index contributed by atoms with van der Waals surface area (Å²) >= 11 is 0. The fourth-order valence-corrected chi connectivity index (χ4v) is 1.53. The van der Waals surface area contributed by atoms with Crippen molar-refractivity contribution < 1.29 is 0 Å². The molecule has 0 bridgehead atoms. The van der Waals surface area contributed by atoms with Gasteiger partial charge in [-0.3, -0.25) is 0 Å². The van der Waals surface area contributed by atoms with Crippen molar-refractivity contribution in [2.45, 2.75) is 58.5 Å². The quantitative estimate of drug-likeness (QED) is 0.643. The lowest BCUT2D eigenvalue weighted by Crippen LogP contribution is -2.34. The highest BCUT2D eigenvalue weighted by molar-refractivity contribution is 4.78. The topological polar surface area (TPSA) is 12.0 Å². The Morgan fingerprint density at radius 2 is 1.91 bits per heavy atom. The molecule has 0 aromatic carbocycles. The lowest BCUT2D eigenvalue weighted by molar-refractivity contribution is 0.423. The molecule has 2 atom stereocenters. The first-order valence-electron chi connectivity index (χ1n) is 4.98. The lowest BCUT2D eigenvalue weighted by Gasteiger charge is -2.18. The largest absolute Gasteiger partial charge is 0.312 e. The first-order valence-corrected chi connectivity index (χ1v) is 4.98. The van der Waals surface area contributed by atoms with Crippen molar-refractivity contribution in [1.82, 2.24) is 5.32 Å². The van der Waals surface area contributed by atoms with Gasteiger partial charge in [0.1, 0.15) is 0 Å². The molecule has 66 valence electrons. The highest BCUT2D eigenvalue weighted by Crippen LogP contribution is 2.33. The third kappa shape index (κ3) is 3.76. The van der Waals surface area contributed by atoms with E-state index < -0.39 is 0 Å². The number of rotatable bonds is 5. The lowest BCUT2D eigenvalue weighted by atomic mass is 10.1. The van der Waals surface area contributed by atoms with E-state index in [4.69, 9.17) is 0 Å². The monoisotopic (exact) mass is 155 g/mol. The Bertz CT molecular complexity index is 107. The molecule has 0 aliphatic heterocycles. The predicted octanol–water partition coefficient (Wildman–Crippen LogP) is 2.56. The number of hydrogen-bond donors (Lipinski definition) is 1. The standard InChI is InChI=1S/C10H21N/c1-4-8(2)11-9(3)7-10-5-6-10/h8-11H,4-7H2,1-3H3. The van der Waals surface area contributed by atoms with Crippen LogP contribution in [0.3, 0.4) is 0 Å². The van der Waals surface area contributed by atoms with Crippen LogP contribution in [0.4, 0.5) is 0 Å². The van der Waals surface area contributed by atoms with Crippen LogP contribution in [0.2, 0.25) is 0 Å². The molecular formula is C10H21N. The molecule has 1 heteroatoms. The summed E-state index contributed by atoms with van der Waals surface area (Å²) in [4.78, 5) is 0. The van der Waals surface area contributed by atoms with Gasteiger partial charge in [0.05, 0.1) is 0 Å². The van der Waals surface area contributed by atoms with Gasteiger partial charge in [-0.2, -0.15) is 0 Å². The van der Waals surface area contributed by atoms with E-state index in [1.165, 1.54) is 25.7 Å². The first-order chi connectivity index (χ1) is 5.22. The molecule has 0 aromatic heterocycles. The summed E-state index contributed by atoms with van der Waals surface area (Å²) in [5.41, 5.74) is 0. The van der Waals surface area contributed by atoms with Crippen molar-refractivity contribution >= 4 is 0 Å². The maximum absolute atomic E-state index is 3.60. The van der Waals surface area contributed by atoms with Crippen molar-refractivity contribution in [2.24, 2.45) is 5.92 Å². The second-order valence-electron chi connectivity index (χ2n) is 4.06. The molecule has 1 N–H and O–H groups in total. The van der Waals surface area contributed by atoms with Gasteiger partial charge >= 0.3 is 0 Å². The molecule has 11 heavy (non-hydrogen) atoms. The zero-order chi connectivity index (χ0) is 8.27. The van der Waals surface area contributed by atoms with Gasteiger partial charge in [-0.25, -0.2) is 0 Å². The van der Waals surface area contributed by atoms with Crippen molar-refractivity contribution in [3.63, 3.8) is 0 Å². The van der Waals surface area contributed by atoms with Crippen LogP contribution in [0.25, 0.3) is 0 Å². The van der Waals surface area contributed by atoms with Crippen LogP contribution < -0.4 is 5.32 Å². The molecular weight excluding hydrogens is 134 g/mol. The van der Waals surface area contributed by atoms with Gasteiger partial charge in [0, 0.05) is 12.1 Å². The average Bonchev–Trinajstić information content (AvgIpc) is 2.71. The van der Waals surface area contributed by atoms with Crippen LogP contribution in [0.5, 0.6) is 0 Å².